The molecule has 7 heteroatoms. The normalized spacial score (nSPS) is 12.7. The van der Waals surface area contributed by atoms with Crippen molar-refractivity contribution in [2.45, 2.75) is 56.4 Å². The molecule has 0 unspecified atom stereocenters. The first-order valence-electron chi connectivity index (χ1n) is 5.89. The third-order valence-corrected chi connectivity index (χ3v) is 3.24. The largest absolute Gasteiger partial charge is 0.329 e. The van der Waals surface area contributed by atoms with Gasteiger partial charge in [-0.2, -0.15) is 0 Å². The van der Waals surface area contributed by atoms with Gasteiger partial charge < -0.3 is 4.98 Å². The van der Waals surface area contributed by atoms with E-state index in [1.165, 1.54) is 17.8 Å². The summed E-state index contributed by atoms with van der Waals surface area (Å²) in [7, 11) is 0. The van der Waals surface area contributed by atoms with Crippen LogP contribution in [0.25, 0.3) is 0 Å². The van der Waals surface area contributed by atoms with Gasteiger partial charge in [0, 0.05) is 23.8 Å². The molecule has 19 heavy (non-hydrogen) atoms. The summed E-state index contributed by atoms with van der Waals surface area (Å²) in [6.07, 6.45) is -0.540. The standard InChI is InChI=1S/C12H18F2N2O2S/c1-11(2,3)19-8-7-9(17)16(10(18)15-8)6-5-12(4,13)14/h7H,5-6H2,1-4H3,(H,15,18). The maximum atomic E-state index is 12.7. The minimum Gasteiger partial charge on any atom is -0.302 e. The summed E-state index contributed by atoms with van der Waals surface area (Å²) in [6.45, 7) is 6.30. The van der Waals surface area contributed by atoms with Crippen molar-refractivity contribution < 1.29 is 8.78 Å². The zero-order chi connectivity index (χ0) is 14.8. The predicted molar refractivity (Wildman–Crippen MR) is 72.2 cm³/mol. The molecule has 108 valence electrons. The molecule has 1 aromatic rings. The molecule has 0 spiro atoms. The number of H-pyrrole nitrogens is 1. The van der Waals surface area contributed by atoms with E-state index in [1.54, 1.807) is 0 Å². The molecule has 0 saturated carbocycles. The molecule has 1 rings (SSSR count). The van der Waals surface area contributed by atoms with E-state index in [0.717, 1.165) is 11.5 Å². The third-order valence-electron chi connectivity index (χ3n) is 2.19. The molecule has 0 fully saturated rings. The quantitative estimate of drug-likeness (QED) is 0.685. The van der Waals surface area contributed by atoms with Crippen LogP contribution in [0, 0.1) is 0 Å². The molecule has 1 heterocycles. The maximum absolute atomic E-state index is 12.7. The van der Waals surface area contributed by atoms with Crippen LogP contribution in [0.2, 0.25) is 0 Å². The Morgan fingerprint density at radius 1 is 1.26 bits per heavy atom. The summed E-state index contributed by atoms with van der Waals surface area (Å²) in [5.41, 5.74) is -1.21. The van der Waals surface area contributed by atoms with Crippen LogP contribution < -0.4 is 11.2 Å². The third kappa shape index (κ3) is 5.59. The smallest absolute Gasteiger partial charge is 0.302 e. The number of hydrogen-bond donors (Lipinski definition) is 1. The first kappa shape index (κ1) is 15.9. The molecular formula is C12H18F2N2O2S. The van der Waals surface area contributed by atoms with Crippen molar-refractivity contribution in [3.05, 3.63) is 26.9 Å². The van der Waals surface area contributed by atoms with Gasteiger partial charge in [-0.05, 0) is 6.92 Å². The van der Waals surface area contributed by atoms with Crippen molar-refractivity contribution in [3.63, 3.8) is 0 Å². The van der Waals surface area contributed by atoms with Gasteiger partial charge in [-0.3, -0.25) is 9.36 Å². The molecule has 4 nitrogen and oxygen atoms in total. The van der Waals surface area contributed by atoms with E-state index in [9.17, 15) is 18.4 Å². The summed E-state index contributed by atoms with van der Waals surface area (Å²) in [4.78, 5) is 26.0. The van der Waals surface area contributed by atoms with Crippen LogP contribution in [0.5, 0.6) is 0 Å². The highest BCUT2D eigenvalue weighted by molar-refractivity contribution is 8.00. The molecule has 0 radical (unpaired) electrons. The zero-order valence-electron chi connectivity index (χ0n) is 11.4. The fraction of sp³-hybridized carbons (Fsp3) is 0.667. The van der Waals surface area contributed by atoms with Crippen LogP contribution in [0.4, 0.5) is 8.78 Å². The van der Waals surface area contributed by atoms with E-state index < -0.39 is 23.6 Å². The number of nitrogens with one attached hydrogen (secondary N) is 1. The van der Waals surface area contributed by atoms with Crippen molar-refractivity contribution in [1.29, 1.82) is 0 Å². The van der Waals surface area contributed by atoms with Gasteiger partial charge in [0.05, 0.1) is 5.03 Å². The van der Waals surface area contributed by atoms with E-state index in [2.05, 4.69) is 4.98 Å². The Balaban J connectivity index is 2.99. The van der Waals surface area contributed by atoms with Crippen molar-refractivity contribution in [3.8, 4) is 0 Å². The second-order valence-electron chi connectivity index (χ2n) is 5.46. The summed E-state index contributed by atoms with van der Waals surface area (Å²) >= 11 is 1.34. The Morgan fingerprint density at radius 2 is 1.84 bits per heavy atom. The van der Waals surface area contributed by atoms with Gasteiger partial charge in [0.15, 0.2) is 0 Å². The van der Waals surface area contributed by atoms with Gasteiger partial charge in [0.25, 0.3) is 5.56 Å². The number of alkyl halides is 2. The van der Waals surface area contributed by atoms with Crippen LogP contribution in [0.1, 0.15) is 34.1 Å². The average Bonchev–Trinajstić information content (AvgIpc) is 2.10. The number of hydrogen-bond acceptors (Lipinski definition) is 3. The van der Waals surface area contributed by atoms with E-state index in [-0.39, 0.29) is 11.3 Å². The molecule has 0 aliphatic heterocycles. The van der Waals surface area contributed by atoms with Gasteiger partial charge in [-0.1, -0.05) is 20.8 Å². The van der Waals surface area contributed by atoms with Gasteiger partial charge in [-0.15, -0.1) is 11.8 Å². The SMILES string of the molecule is CC(F)(F)CCn1c(=O)cc(SC(C)(C)C)[nH]c1=O. The number of nitrogens with zero attached hydrogens (tertiary/aromatic N) is 1. The lowest BCUT2D eigenvalue weighted by Crippen LogP contribution is -2.36. The number of thioether (sulfide) groups is 1. The molecule has 0 aromatic carbocycles. The van der Waals surface area contributed by atoms with E-state index in [0.29, 0.717) is 5.03 Å². The second kappa shape index (κ2) is 5.48. The minimum atomic E-state index is -2.90. The zero-order valence-corrected chi connectivity index (χ0v) is 12.2. The van der Waals surface area contributed by atoms with Gasteiger partial charge in [0.2, 0.25) is 5.92 Å². The fourth-order valence-electron chi connectivity index (χ4n) is 1.40. The Kier molecular flexibility index (Phi) is 4.60. The first-order chi connectivity index (χ1) is 8.48. The Labute approximate surface area is 114 Å². The van der Waals surface area contributed by atoms with Crippen molar-refractivity contribution >= 4 is 11.8 Å². The van der Waals surface area contributed by atoms with Crippen molar-refractivity contribution in [2.75, 3.05) is 0 Å². The van der Waals surface area contributed by atoms with E-state index >= 15 is 0 Å². The highest BCUT2D eigenvalue weighted by Gasteiger charge is 2.22. The van der Waals surface area contributed by atoms with E-state index in [4.69, 9.17) is 0 Å². The highest BCUT2D eigenvalue weighted by atomic mass is 32.2. The van der Waals surface area contributed by atoms with Crippen LogP contribution in [-0.4, -0.2) is 20.2 Å². The predicted octanol–water partition coefficient (Wildman–Crippen LogP) is 2.47. The maximum Gasteiger partial charge on any atom is 0.329 e. The van der Waals surface area contributed by atoms with Crippen LogP contribution in [-0.2, 0) is 6.54 Å². The lowest BCUT2D eigenvalue weighted by molar-refractivity contribution is 0.00812. The van der Waals surface area contributed by atoms with Crippen LogP contribution in [0.3, 0.4) is 0 Å². The molecule has 0 aliphatic rings. The summed E-state index contributed by atoms with van der Waals surface area (Å²) in [5, 5.41) is 0.446. The number of halogens is 2. The molecule has 1 aromatic heterocycles. The topological polar surface area (TPSA) is 54.9 Å². The van der Waals surface area contributed by atoms with E-state index in [1.807, 2.05) is 20.8 Å². The summed E-state index contributed by atoms with van der Waals surface area (Å²) < 4.78 is 26.1. The monoisotopic (exact) mass is 292 g/mol. The number of rotatable bonds is 4. The van der Waals surface area contributed by atoms with Crippen molar-refractivity contribution in [2.24, 2.45) is 0 Å². The number of aromatic nitrogens is 2. The Morgan fingerprint density at radius 3 is 2.26 bits per heavy atom. The van der Waals surface area contributed by atoms with Gasteiger partial charge in [-0.25, -0.2) is 13.6 Å². The molecule has 1 N–H and O–H groups in total. The first-order valence-corrected chi connectivity index (χ1v) is 6.71. The molecule has 0 saturated heterocycles. The van der Waals surface area contributed by atoms with Crippen LogP contribution in [0.15, 0.2) is 20.7 Å². The van der Waals surface area contributed by atoms with Gasteiger partial charge >= 0.3 is 5.69 Å². The lowest BCUT2D eigenvalue weighted by Gasteiger charge is -2.17. The fourth-order valence-corrected chi connectivity index (χ4v) is 2.36. The molecule has 0 bridgehead atoms. The minimum absolute atomic E-state index is 0.155. The van der Waals surface area contributed by atoms with Crippen LogP contribution >= 0.6 is 11.8 Å². The average molecular weight is 292 g/mol. The highest BCUT2D eigenvalue weighted by Crippen LogP contribution is 2.28. The van der Waals surface area contributed by atoms with Crippen molar-refractivity contribution in [1.82, 2.24) is 9.55 Å². The summed E-state index contributed by atoms with van der Waals surface area (Å²) in [5.74, 6) is -2.90. The number of aromatic amines is 1. The molecule has 0 amide bonds. The Bertz CT molecular complexity index is 521. The Hall–Kier alpha value is -1.11. The molecule has 0 aliphatic carbocycles. The van der Waals surface area contributed by atoms with Gasteiger partial charge in [0.1, 0.15) is 0 Å². The molecular weight excluding hydrogens is 274 g/mol. The molecule has 0 atom stereocenters. The second-order valence-corrected chi connectivity index (χ2v) is 7.33. The summed E-state index contributed by atoms with van der Waals surface area (Å²) in [6, 6.07) is 1.27. The lowest BCUT2D eigenvalue weighted by atomic mass is 10.3.